The van der Waals surface area contributed by atoms with E-state index < -0.39 is 0 Å². The third-order valence-corrected chi connectivity index (χ3v) is 4.30. The van der Waals surface area contributed by atoms with Gasteiger partial charge in [0.2, 0.25) is 0 Å². The summed E-state index contributed by atoms with van der Waals surface area (Å²) in [4.78, 5) is 12.2. The van der Waals surface area contributed by atoms with Crippen LogP contribution in [0.5, 0.6) is 11.5 Å². The molecule has 4 nitrogen and oxygen atoms in total. The molecule has 2 aromatic rings. The summed E-state index contributed by atoms with van der Waals surface area (Å²) in [5, 5.41) is 2.94. The predicted molar refractivity (Wildman–Crippen MR) is 98.7 cm³/mol. The summed E-state index contributed by atoms with van der Waals surface area (Å²) in [7, 11) is 1.63. The van der Waals surface area contributed by atoms with Crippen molar-refractivity contribution in [1.29, 1.82) is 0 Å². The number of carbonyl (C=O) groups is 1. The lowest BCUT2D eigenvalue weighted by atomic mass is 10.0. The molecule has 128 valence electrons. The molecule has 0 fully saturated rings. The van der Waals surface area contributed by atoms with Gasteiger partial charge in [0.15, 0.2) is 6.61 Å². The van der Waals surface area contributed by atoms with Crippen molar-refractivity contribution >= 4 is 21.8 Å². The Balaban J connectivity index is 1.98. The lowest BCUT2D eigenvalue weighted by Crippen LogP contribution is -2.31. The first-order valence-electron chi connectivity index (χ1n) is 7.73. The number of rotatable bonds is 6. The number of aryl methyl sites for hydroxylation is 2. The maximum Gasteiger partial charge on any atom is 0.258 e. The number of halogens is 1. The summed E-state index contributed by atoms with van der Waals surface area (Å²) in [6.45, 7) is 5.89. The fourth-order valence-electron chi connectivity index (χ4n) is 2.42. The van der Waals surface area contributed by atoms with Crippen LogP contribution in [-0.2, 0) is 4.79 Å². The first-order chi connectivity index (χ1) is 11.4. The zero-order valence-corrected chi connectivity index (χ0v) is 15.9. The molecule has 0 spiro atoms. The van der Waals surface area contributed by atoms with Gasteiger partial charge in [0.05, 0.1) is 17.6 Å². The van der Waals surface area contributed by atoms with Crippen LogP contribution in [0.1, 0.15) is 29.7 Å². The van der Waals surface area contributed by atoms with E-state index in [1.54, 1.807) is 7.11 Å². The van der Waals surface area contributed by atoms with Crippen molar-refractivity contribution in [3.05, 3.63) is 57.6 Å². The molecular formula is C19H22BrNO3. The molecule has 0 saturated heterocycles. The van der Waals surface area contributed by atoms with E-state index in [9.17, 15) is 4.79 Å². The Hall–Kier alpha value is -2.01. The van der Waals surface area contributed by atoms with Crippen molar-refractivity contribution in [2.24, 2.45) is 0 Å². The van der Waals surface area contributed by atoms with E-state index in [1.807, 2.05) is 57.2 Å². The van der Waals surface area contributed by atoms with E-state index in [0.29, 0.717) is 5.75 Å². The maximum absolute atomic E-state index is 12.2. The van der Waals surface area contributed by atoms with Crippen molar-refractivity contribution in [2.45, 2.75) is 26.8 Å². The van der Waals surface area contributed by atoms with Crippen LogP contribution in [0.25, 0.3) is 0 Å². The van der Waals surface area contributed by atoms with Crippen LogP contribution in [0.4, 0.5) is 0 Å². The molecule has 0 aromatic heterocycles. The molecule has 2 rings (SSSR count). The predicted octanol–water partition coefficient (Wildman–Crippen LogP) is 4.33. The zero-order chi connectivity index (χ0) is 17.7. The topological polar surface area (TPSA) is 47.6 Å². The van der Waals surface area contributed by atoms with Gasteiger partial charge in [-0.2, -0.15) is 0 Å². The van der Waals surface area contributed by atoms with Gasteiger partial charge < -0.3 is 14.8 Å². The number of benzene rings is 2. The summed E-state index contributed by atoms with van der Waals surface area (Å²) in [6, 6.07) is 11.5. The summed E-state index contributed by atoms with van der Waals surface area (Å²) >= 11 is 3.44. The van der Waals surface area contributed by atoms with Crippen LogP contribution < -0.4 is 14.8 Å². The lowest BCUT2D eigenvalue weighted by molar-refractivity contribution is -0.123. The van der Waals surface area contributed by atoms with Crippen molar-refractivity contribution in [1.82, 2.24) is 5.32 Å². The minimum absolute atomic E-state index is 0.0415. The third-order valence-electron chi connectivity index (χ3n) is 3.68. The van der Waals surface area contributed by atoms with Gasteiger partial charge in [0.1, 0.15) is 11.5 Å². The Labute approximate surface area is 151 Å². The molecule has 1 atom stereocenters. The largest absolute Gasteiger partial charge is 0.496 e. The molecule has 0 heterocycles. The van der Waals surface area contributed by atoms with Gasteiger partial charge in [-0.15, -0.1) is 0 Å². The molecule has 0 unspecified atom stereocenters. The van der Waals surface area contributed by atoms with Gasteiger partial charge in [-0.3, -0.25) is 4.79 Å². The van der Waals surface area contributed by atoms with Crippen LogP contribution in [0.3, 0.4) is 0 Å². The molecule has 0 aliphatic rings. The Kier molecular flexibility index (Phi) is 6.26. The summed E-state index contributed by atoms with van der Waals surface area (Å²) in [5.41, 5.74) is 3.19. The minimum Gasteiger partial charge on any atom is -0.496 e. The number of methoxy groups -OCH3 is 1. The Morgan fingerprint density at radius 1 is 1.12 bits per heavy atom. The number of amides is 1. The molecule has 1 amide bonds. The smallest absolute Gasteiger partial charge is 0.258 e. The summed E-state index contributed by atoms with van der Waals surface area (Å²) in [5.74, 6) is 1.23. The van der Waals surface area contributed by atoms with Crippen LogP contribution >= 0.6 is 15.9 Å². The maximum atomic E-state index is 12.2. The minimum atomic E-state index is -0.182. The molecule has 1 N–H and O–H groups in total. The highest BCUT2D eigenvalue weighted by atomic mass is 79.9. The second-order valence-corrected chi connectivity index (χ2v) is 6.61. The molecule has 0 aliphatic carbocycles. The van der Waals surface area contributed by atoms with Gasteiger partial charge in [-0.1, -0.05) is 23.8 Å². The van der Waals surface area contributed by atoms with Crippen LogP contribution in [-0.4, -0.2) is 19.6 Å². The zero-order valence-electron chi connectivity index (χ0n) is 14.4. The summed E-state index contributed by atoms with van der Waals surface area (Å²) in [6.07, 6.45) is 0. The third kappa shape index (κ3) is 4.74. The summed E-state index contributed by atoms with van der Waals surface area (Å²) < 4.78 is 11.8. The van der Waals surface area contributed by atoms with Crippen LogP contribution in [0.2, 0.25) is 0 Å². The fraction of sp³-hybridized carbons (Fsp3) is 0.316. The first-order valence-corrected chi connectivity index (χ1v) is 8.53. The Morgan fingerprint density at radius 3 is 2.38 bits per heavy atom. The second kappa shape index (κ2) is 8.20. The van der Waals surface area contributed by atoms with E-state index in [1.165, 1.54) is 0 Å². The van der Waals surface area contributed by atoms with E-state index in [4.69, 9.17) is 9.47 Å². The number of hydrogen-bond acceptors (Lipinski definition) is 3. The molecule has 2 aromatic carbocycles. The Bertz CT molecular complexity index is 731. The second-order valence-electron chi connectivity index (χ2n) is 5.76. The quantitative estimate of drug-likeness (QED) is 0.796. The van der Waals surface area contributed by atoms with Gasteiger partial charge in [0.25, 0.3) is 5.91 Å². The number of ether oxygens (including phenoxy) is 2. The van der Waals surface area contributed by atoms with Gasteiger partial charge in [0, 0.05) is 5.56 Å². The highest BCUT2D eigenvalue weighted by molar-refractivity contribution is 9.10. The van der Waals surface area contributed by atoms with Gasteiger partial charge in [-0.25, -0.2) is 0 Å². The van der Waals surface area contributed by atoms with E-state index >= 15 is 0 Å². The molecule has 0 bridgehead atoms. The van der Waals surface area contributed by atoms with E-state index in [-0.39, 0.29) is 18.6 Å². The first kappa shape index (κ1) is 18.3. The molecular weight excluding hydrogens is 370 g/mol. The van der Waals surface area contributed by atoms with Crippen LogP contribution in [0, 0.1) is 13.8 Å². The van der Waals surface area contributed by atoms with Crippen molar-refractivity contribution in [3.63, 3.8) is 0 Å². The Morgan fingerprint density at radius 2 is 1.75 bits per heavy atom. The lowest BCUT2D eigenvalue weighted by Gasteiger charge is -2.18. The van der Waals surface area contributed by atoms with Crippen molar-refractivity contribution in [2.75, 3.05) is 13.7 Å². The monoisotopic (exact) mass is 391 g/mol. The van der Waals surface area contributed by atoms with Crippen molar-refractivity contribution < 1.29 is 14.3 Å². The van der Waals surface area contributed by atoms with E-state index in [0.717, 1.165) is 26.9 Å². The molecule has 5 heteroatoms. The standard InChI is InChI=1S/C19H22BrNO3/c1-12-5-7-17(23-4)15(9-12)14(3)21-19(22)11-24-18-8-6-13(2)10-16(18)20/h5-10,14H,11H2,1-4H3,(H,21,22)/t14-/m0/s1. The average molecular weight is 392 g/mol. The fourth-order valence-corrected chi connectivity index (χ4v) is 3.03. The van der Waals surface area contributed by atoms with Crippen molar-refractivity contribution in [3.8, 4) is 11.5 Å². The highest BCUT2D eigenvalue weighted by Crippen LogP contribution is 2.27. The van der Waals surface area contributed by atoms with Gasteiger partial charge in [-0.05, 0) is 60.5 Å². The normalized spacial score (nSPS) is 11.7. The van der Waals surface area contributed by atoms with Gasteiger partial charge >= 0.3 is 0 Å². The number of hydrogen-bond donors (Lipinski definition) is 1. The molecule has 0 aliphatic heterocycles. The molecule has 0 saturated carbocycles. The number of nitrogens with one attached hydrogen (secondary N) is 1. The number of carbonyl (C=O) groups excluding carboxylic acids is 1. The van der Waals surface area contributed by atoms with Crippen LogP contribution in [0.15, 0.2) is 40.9 Å². The molecule has 0 radical (unpaired) electrons. The van der Waals surface area contributed by atoms with E-state index in [2.05, 4.69) is 21.2 Å². The SMILES string of the molecule is COc1ccc(C)cc1[C@H](C)NC(=O)COc1ccc(C)cc1Br. The molecule has 24 heavy (non-hydrogen) atoms. The highest BCUT2D eigenvalue weighted by Gasteiger charge is 2.15. The average Bonchev–Trinajstić information content (AvgIpc) is 2.54.